The van der Waals surface area contributed by atoms with Crippen molar-refractivity contribution in [3.05, 3.63) is 30.1 Å². The molecule has 0 aromatic carbocycles. The minimum absolute atomic E-state index is 0. The van der Waals surface area contributed by atoms with Gasteiger partial charge in [-0.15, -0.1) is 0 Å². The summed E-state index contributed by atoms with van der Waals surface area (Å²) >= 11 is 0. The largest absolute Gasteiger partial charge is 1.00 e. The first-order valence-corrected chi connectivity index (χ1v) is 2.02. The van der Waals surface area contributed by atoms with E-state index in [-0.39, 0.29) is 18.9 Å². The van der Waals surface area contributed by atoms with Crippen molar-refractivity contribution in [2.24, 2.45) is 0 Å². The van der Waals surface area contributed by atoms with Crippen LogP contribution in [0.25, 0.3) is 5.73 Å². The molecule has 8 heavy (non-hydrogen) atoms. The van der Waals surface area contributed by atoms with Crippen molar-refractivity contribution in [1.82, 2.24) is 4.98 Å². The Kier molecular flexibility index (Phi) is 3.34. The summed E-state index contributed by atoms with van der Waals surface area (Å²) in [6.45, 7) is 0. The Bertz CT molecular complexity index is 140. The molecule has 0 bridgehead atoms. The first-order chi connectivity index (χ1) is 3.39. The van der Waals surface area contributed by atoms with Gasteiger partial charge < -0.3 is 10.7 Å². The smallest absolute Gasteiger partial charge is 0.482 e. The fraction of sp³-hybridized carbons (Fsp3) is 0. The number of nitrogens with one attached hydrogen (secondary N) is 1. The molecule has 1 aromatic heterocycles. The van der Waals surface area contributed by atoms with Crippen LogP contribution in [0.2, 0.25) is 0 Å². The minimum atomic E-state index is 0. The maximum absolute atomic E-state index is 6.88. The zero-order chi connectivity index (χ0) is 5.11. The molecule has 0 saturated carbocycles. The molecular formula is C5H5LiN2. The van der Waals surface area contributed by atoms with Crippen LogP contribution in [0.5, 0.6) is 0 Å². The molecular weight excluding hydrogens is 95.0 g/mol. The summed E-state index contributed by atoms with van der Waals surface area (Å²) in [5.74, 6) is 0.322. The summed E-state index contributed by atoms with van der Waals surface area (Å²) in [5, 5.41) is 0. The van der Waals surface area contributed by atoms with E-state index in [4.69, 9.17) is 5.73 Å². The van der Waals surface area contributed by atoms with Gasteiger partial charge in [0.1, 0.15) is 0 Å². The van der Waals surface area contributed by atoms with Gasteiger partial charge in [-0.25, -0.2) is 0 Å². The van der Waals surface area contributed by atoms with Crippen LogP contribution in [-0.4, -0.2) is 4.98 Å². The second-order valence-electron chi connectivity index (χ2n) is 1.21. The molecule has 1 rings (SSSR count). The van der Waals surface area contributed by atoms with E-state index in [1.165, 1.54) is 0 Å². The predicted molar refractivity (Wildman–Crippen MR) is 28.2 cm³/mol. The normalized spacial score (nSPS) is 7.50. The number of aromatic nitrogens is 1. The van der Waals surface area contributed by atoms with Crippen molar-refractivity contribution in [3.8, 4) is 0 Å². The molecule has 0 atom stereocenters. The van der Waals surface area contributed by atoms with Crippen molar-refractivity contribution >= 4 is 5.82 Å². The van der Waals surface area contributed by atoms with Crippen molar-refractivity contribution in [2.45, 2.75) is 0 Å². The van der Waals surface area contributed by atoms with Crippen LogP contribution in [-0.2, 0) is 0 Å². The van der Waals surface area contributed by atoms with Crippen molar-refractivity contribution in [2.75, 3.05) is 0 Å². The third-order valence-electron chi connectivity index (χ3n) is 0.665. The van der Waals surface area contributed by atoms with E-state index in [0.717, 1.165) is 0 Å². The standard InChI is InChI=1S/C5H5N2.Li/c6-5-3-1-2-4-7-5;/h1-4H,(H-,6,7);/q-1;+1. The number of pyridine rings is 1. The molecule has 2 nitrogen and oxygen atoms in total. The van der Waals surface area contributed by atoms with Gasteiger partial charge in [-0.1, -0.05) is 30.2 Å². The minimum Gasteiger partial charge on any atom is -0.482 e. The zero-order valence-corrected chi connectivity index (χ0v) is 4.76. The fourth-order valence-corrected chi connectivity index (χ4v) is 0.363. The molecule has 0 aliphatic rings. The van der Waals surface area contributed by atoms with Gasteiger partial charge in [0.2, 0.25) is 0 Å². The summed E-state index contributed by atoms with van der Waals surface area (Å²) in [6, 6.07) is 5.22. The quantitative estimate of drug-likeness (QED) is 0.376. The van der Waals surface area contributed by atoms with Crippen LogP contribution >= 0.6 is 0 Å². The molecule has 0 aliphatic carbocycles. The zero-order valence-electron chi connectivity index (χ0n) is 4.76. The Morgan fingerprint density at radius 1 is 1.38 bits per heavy atom. The average molecular weight is 100 g/mol. The second kappa shape index (κ2) is 3.54. The van der Waals surface area contributed by atoms with Crippen LogP contribution in [0.4, 0.5) is 5.82 Å². The number of hydrogen-bond donors (Lipinski definition) is 0. The summed E-state index contributed by atoms with van der Waals surface area (Å²) in [4.78, 5) is 3.65. The van der Waals surface area contributed by atoms with E-state index in [1.807, 2.05) is 0 Å². The van der Waals surface area contributed by atoms with E-state index in [9.17, 15) is 0 Å². The Hall–Kier alpha value is -0.453. The molecule has 36 valence electrons. The predicted octanol–water partition coefficient (Wildman–Crippen LogP) is -1.23. The monoisotopic (exact) mass is 100 g/mol. The number of nitrogens with zero attached hydrogens (tertiary/aromatic N) is 1. The van der Waals surface area contributed by atoms with Gasteiger partial charge in [0.25, 0.3) is 0 Å². The Morgan fingerprint density at radius 3 is 2.38 bits per heavy atom. The molecule has 1 N–H and O–H groups in total. The second-order valence-corrected chi connectivity index (χ2v) is 1.21. The molecule has 0 saturated heterocycles. The van der Waals surface area contributed by atoms with Gasteiger partial charge >= 0.3 is 18.9 Å². The third-order valence-corrected chi connectivity index (χ3v) is 0.665. The first-order valence-electron chi connectivity index (χ1n) is 2.02. The van der Waals surface area contributed by atoms with Crippen LogP contribution in [0.15, 0.2) is 24.4 Å². The van der Waals surface area contributed by atoms with E-state index in [2.05, 4.69) is 4.98 Å². The van der Waals surface area contributed by atoms with Gasteiger partial charge in [-0.3, -0.25) is 0 Å². The van der Waals surface area contributed by atoms with E-state index >= 15 is 0 Å². The summed E-state index contributed by atoms with van der Waals surface area (Å²) in [7, 11) is 0. The molecule has 1 heterocycles. The Balaban J connectivity index is 0.000000490. The van der Waals surface area contributed by atoms with E-state index in [0.29, 0.717) is 5.82 Å². The van der Waals surface area contributed by atoms with Gasteiger partial charge in [0.05, 0.1) is 0 Å². The topological polar surface area (TPSA) is 36.7 Å². The van der Waals surface area contributed by atoms with Gasteiger partial charge in [0, 0.05) is 0 Å². The number of rotatable bonds is 0. The molecule has 0 amide bonds. The van der Waals surface area contributed by atoms with E-state index in [1.54, 1.807) is 24.4 Å². The van der Waals surface area contributed by atoms with E-state index < -0.39 is 0 Å². The summed E-state index contributed by atoms with van der Waals surface area (Å²) < 4.78 is 0. The summed E-state index contributed by atoms with van der Waals surface area (Å²) in [6.07, 6.45) is 1.60. The van der Waals surface area contributed by atoms with Crippen LogP contribution in [0, 0.1) is 0 Å². The maximum Gasteiger partial charge on any atom is 1.00 e. The van der Waals surface area contributed by atoms with Crippen molar-refractivity contribution in [3.63, 3.8) is 0 Å². The average Bonchev–Trinajstić information content (AvgIpc) is 1.69. The van der Waals surface area contributed by atoms with Crippen molar-refractivity contribution in [1.29, 1.82) is 0 Å². The first kappa shape index (κ1) is 7.55. The van der Waals surface area contributed by atoms with Gasteiger partial charge in [-0.2, -0.15) is 0 Å². The van der Waals surface area contributed by atoms with Crippen LogP contribution in [0.3, 0.4) is 0 Å². The molecule has 0 radical (unpaired) electrons. The van der Waals surface area contributed by atoms with Gasteiger partial charge in [0.15, 0.2) is 0 Å². The molecule has 0 fully saturated rings. The molecule has 0 unspecified atom stereocenters. The summed E-state index contributed by atoms with van der Waals surface area (Å²) in [5.41, 5.74) is 6.88. The van der Waals surface area contributed by atoms with Gasteiger partial charge in [-0.05, 0) is 0 Å². The van der Waals surface area contributed by atoms with Crippen molar-refractivity contribution < 1.29 is 18.9 Å². The Morgan fingerprint density at radius 2 is 2.12 bits per heavy atom. The molecule has 0 spiro atoms. The Labute approximate surface area is 60.3 Å². The molecule has 0 aliphatic heterocycles. The molecule has 3 heteroatoms. The maximum atomic E-state index is 6.88. The third kappa shape index (κ3) is 2.01. The van der Waals surface area contributed by atoms with Crippen LogP contribution < -0.4 is 18.9 Å². The SMILES string of the molecule is [Li+].[NH-]c1ccccn1. The molecule has 1 aromatic rings. The fourth-order valence-electron chi connectivity index (χ4n) is 0.363. The van der Waals surface area contributed by atoms with Crippen LogP contribution in [0.1, 0.15) is 0 Å². The number of hydrogen-bond acceptors (Lipinski definition) is 1.